The maximum atomic E-state index is 12.3. The summed E-state index contributed by atoms with van der Waals surface area (Å²) >= 11 is 1.83. The molecule has 2 nitrogen and oxygen atoms in total. The predicted octanol–water partition coefficient (Wildman–Crippen LogP) is 3.61. The third-order valence-corrected chi connectivity index (χ3v) is 5.54. The van der Waals surface area contributed by atoms with Gasteiger partial charge in [0.15, 0.2) is 0 Å². The molecule has 1 aromatic rings. The molecule has 1 aromatic carbocycles. The van der Waals surface area contributed by atoms with Gasteiger partial charge in [-0.2, -0.15) is 0 Å². The van der Waals surface area contributed by atoms with Crippen molar-refractivity contribution >= 4 is 23.4 Å². The molecule has 0 saturated carbocycles. The number of carbonyl (C=O) groups is 1. The maximum absolute atomic E-state index is 12.3. The number of hydrogen-bond donors (Lipinski definition) is 0. The molecule has 2 atom stereocenters. The number of para-hydroxylation sites is 1. The number of carbonyl (C=O) groups excluding carboxylic acids is 1. The molecule has 0 saturated heterocycles. The Morgan fingerprint density at radius 2 is 2.05 bits per heavy atom. The lowest BCUT2D eigenvalue weighted by atomic mass is 9.92. The zero-order valence-corrected chi connectivity index (χ0v) is 12.0. The van der Waals surface area contributed by atoms with Crippen LogP contribution >= 0.6 is 11.8 Å². The van der Waals surface area contributed by atoms with Crippen molar-refractivity contribution < 1.29 is 4.79 Å². The number of anilines is 1. The van der Waals surface area contributed by atoms with Gasteiger partial charge in [-0.25, -0.2) is 0 Å². The summed E-state index contributed by atoms with van der Waals surface area (Å²) < 4.78 is 0. The number of hydrogen-bond acceptors (Lipinski definition) is 2. The van der Waals surface area contributed by atoms with Crippen molar-refractivity contribution in [2.45, 2.75) is 18.7 Å². The lowest BCUT2D eigenvalue weighted by Crippen LogP contribution is -2.50. The second-order valence-electron chi connectivity index (χ2n) is 5.08. The molecule has 1 amide bonds. The summed E-state index contributed by atoms with van der Waals surface area (Å²) in [5.74, 6) is 1.37. The van der Waals surface area contributed by atoms with Crippen LogP contribution < -0.4 is 4.90 Å². The minimum absolute atomic E-state index is 0.0836. The summed E-state index contributed by atoms with van der Waals surface area (Å²) in [7, 11) is 0. The normalized spacial score (nSPS) is 30.0. The first-order chi connectivity index (χ1) is 9.15. The van der Waals surface area contributed by atoms with Gasteiger partial charge in [-0.05, 0) is 25.1 Å². The quantitative estimate of drug-likeness (QED) is 0.727. The Morgan fingerprint density at radius 3 is 2.79 bits per heavy atom. The Kier molecular flexibility index (Phi) is 3.02. The first-order valence-corrected chi connectivity index (χ1v) is 7.53. The fraction of sp³-hybridized carbons (Fsp3) is 0.312. The molecule has 0 bridgehead atoms. The van der Waals surface area contributed by atoms with Gasteiger partial charge in [0.25, 0.3) is 5.91 Å². The van der Waals surface area contributed by atoms with Crippen molar-refractivity contribution in [2.75, 3.05) is 10.7 Å². The molecule has 1 unspecified atom stereocenters. The molecule has 19 heavy (non-hydrogen) atoms. The Bertz CT molecular complexity index is 563. The zero-order chi connectivity index (χ0) is 13.5. The first-order valence-electron chi connectivity index (χ1n) is 6.54. The van der Waals surface area contributed by atoms with Crippen molar-refractivity contribution in [3.63, 3.8) is 0 Å². The van der Waals surface area contributed by atoms with Crippen LogP contribution in [0.3, 0.4) is 0 Å². The SMILES string of the molecule is CC1=CCS[C@@]2(C=CC(=O)N2c2ccccc2)C1C. The van der Waals surface area contributed by atoms with Crippen LogP contribution in [-0.4, -0.2) is 16.5 Å². The Hall–Kier alpha value is -1.48. The van der Waals surface area contributed by atoms with E-state index in [1.54, 1.807) is 6.08 Å². The van der Waals surface area contributed by atoms with Crippen molar-refractivity contribution in [2.24, 2.45) is 5.92 Å². The molecule has 3 heteroatoms. The molecule has 2 aliphatic rings. The molecule has 0 aromatic heterocycles. The van der Waals surface area contributed by atoms with Crippen molar-refractivity contribution in [3.8, 4) is 0 Å². The van der Waals surface area contributed by atoms with E-state index in [2.05, 4.69) is 26.0 Å². The van der Waals surface area contributed by atoms with Crippen molar-refractivity contribution in [1.29, 1.82) is 0 Å². The van der Waals surface area contributed by atoms with E-state index in [1.165, 1.54) is 5.57 Å². The molecule has 2 heterocycles. The summed E-state index contributed by atoms with van der Waals surface area (Å²) in [4.78, 5) is 14.0. The average molecular weight is 271 g/mol. The van der Waals surface area contributed by atoms with E-state index in [0.717, 1.165) is 11.4 Å². The van der Waals surface area contributed by atoms with Crippen LogP contribution in [0.2, 0.25) is 0 Å². The van der Waals surface area contributed by atoms with Gasteiger partial charge < -0.3 is 0 Å². The monoisotopic (exact) mass is 271 g/mol. The molecule has 98 valence electrons. The van der Waals surface area contributed by atoms with Gasteiger partial charge in [-0.3, -0.25) is 9.69 Å². The van der Waals surface area contributed by atoms with E-state index in [0.29, 0.717) is 5.92 Å². The van der Waals surface area contributed by atoms with Crippen LogP contribution in [0.25, 0.3) is 0 Å². The van der Waals surface area contributed by atoms with E-state index in [-0.39, 0.29) is 10.8 Å². The standard InChI is InChI=1S/C16H17NOS/c1-12-9-11-19-16(13(12)2)10-8-15(18)17(16)14-6-4-3-5-7-14/h3-10,13H,11H2,1-2H3/t13?,16-/m0/s1. The molecule has 1 spiro atoms. The molecule has 3 rings (SSSR count). The summed E-state index contributed by atoms with van der Waals surface area (Å²) in [6.07, 6.45) is 6.06. The molecule has 0 aliphatic carbocycles. The van der Waals surface area contributed by atoms with E-state index in [1.807, 2.05) is 47.0 Å². The smallest absolute Gasteiger partial charge is 0.252 e. The lowest BCUT2D eigenvalue weighted by Gasteiger charge is -2.44. The maximum Gasteiger partial charge on any atom is 0.252 e. The minimum Gasteiger partial charge on any atom is -0.290 e. The molecule has 0 radical (unpaired) electrons. The van der Waals surface area contributed by atoms with Crippen LogP contribution in [-0.2, 0) is 4.79 Å². The number of benzene rings is 1. The van der Waals surface area contributed by atoms with Crippen LogP contribution in [0, 0.1) is 5.92 Å². The van der Waals surface area contributed by atoms with Crippen molar-refractivity contribution in [1.82, 2.24) is 0 Å². The number of amides is 1. The van der Waals surface area contributed by atoms with Gasteiger partial charge in [-0.15, -0.1) is 11.8 Å². The molecule has 0 N–H and O–H groups in total. The first kappa shape index (κ1) is 12.5. The topological polar surface area (TPSA) is 20.3 Å². The van der Waals surface area contributed by atoms with Crippen LogP contribution in [0.1, 0.15) is 13.8 Å². The third kappa shape index (κ3) is 1.84. The van der Waals surface area contributed by atoms with Gasteiger partial charge in [0.2, 0.25) is 0 Å². The highest BCUT2D eigenvalue weighted by atomic mass is 32.2. The van der Waals surface area contributed by atoms with E-state index in [9.17, 15) is 4.79 Å². The highest BCUT2D eigenvalue weighted by molar-refractivity contribution is 8.01. The van der Waals surface area contributed by atoms with Crippen molar-refractivity contribution in [3.05, 3.63) is 54.1 Å². The van der Waals surface area contributed by atoms with Gasteiger partial charge in [0, 0.05) is 23.4 Å². The highest BCUT2D eigenvalue weighted by Crippen LogP contribution is 2.48. The Balaban J connectivity index is 2.08. The van der Waals surface area contributed by atoms with E-state index >= 15 is 0 Å². The lowest BCUT2D eigenvalue weighted by molar-refractivity contribution is -0.114. The highest BCUT2D eigenvalue weighted by Gasteiger charge is 2.48. The number of nitrogens with zero attached hydrogens (tertiary/aromatic N) is 1. The largest absolute Gasteiger partial charge is 0.290 e. The minimum atomic E-state index is -0.253. The Labute approximate surface area is 118 Å². The summed E-state index contributed by atoms with van der Waals surface area (Å²) in [5, 5.41) is 0. The van der Waals surface area contributed by atoms with Gasteiger partial charge in [-0.1, -0.05) is 36.8 Å². The summed E-state index contributed by atoms with van der Waals surface area (Å²) in [5.41, 5.74) is 2.34. The second-order valence-corrected chi connectivity index (χ2v) is 6.35. The number of thioether (sulfide) groups is 1. The van der Waals surface area contributed by atoms with Crippen LogP contribution in [0.4, 0.5) is 5.69 Å². The van der Waals surface area contributed by atoms with Crippen LogP contribution in [0.5, 0.6) is 0 Å². The predicted molar refractivity (Wildman–Crippen MR) is 81.2 cm³/mol. The van der Waals surface area contributed by atoms with E-state index in [4.69, 9.17) is 0 Å². The zero-order valence-electron chi connectivity index (χ0n) is 11.2. The molecule has 2 aliphatic heterocycles. The molecule has 0 fully saturated rings. The Morgan fingerprint density at radius 1 is 1.32 bits per heavy atom. The fourth-order valence-electron chi connectivity index (χ4n) is 2.80. The van der Waals surface area contributed by atoms with Crippen LogP contribution in [0.15, 0.2) is 54.1 Å². The summed E-state index contributed by atoms with van der Waals surface area (Å²) in [6.45, 7) is 4.36. The average Bonchev–Trinajstić information content (AvgIpc) is 2.75. The number of rotatable bonds is 1. The van der Waals surface area contributed by atoms with Gasteiger partial charge in [0.05, 0.1) is 0 Å². The fourth-order valence-corrected chi connectivity index (χ4v) is 4.34. The van der Waals surface area contributed by atoms with Gasteiger partial charge in [0.1, 0.15) is 4.87 Å². The molecular weight excluding hydrogens is 254 g/mol. The second kappa shape index (κ2) is 4.57. The van der Waals surface area contributed by atoms with Gasteiger partial charge >= 0.3 is 0 Å². The van der Waals surface area contributed by atoms with E-state index < -0.39 is 0 Å². The summed E-state index contributed by atoms with van der Waals surface area (Å²) in [6, 6.07) is 9.96. The third-order valence-electron chi connectivity index (χ3n) is 4.07. The molecular formula is C16H17NOS.